The fourth-order valence-corrected chi connectivity index (χ4v) is 6.56. The lowest BCUT2D eigenvalue weighted by atomic mass is 10.0. The second-order valence-corrected chi connectivity index (χ2v) is 12.3. The van der Waals surface area contributed by atoms with Crippen molar-refractivity contribution in [3.8, 4) is 5.75 Å². The lowest BCUT2D eigenvalue weighted by molar-refractivity contribution is -0.384. The molecule has 11 nitrogen and oxygen atoms in total. The van der Waals surface area contributed by atoms with Crippen molar-refractivity contribution in [2.24, 2.45) is 5.73 Å². The van der Waals surface area contributed by atoms with Crippen LogP contribution in [0.4, 0.5) is 11.4 Å². The molecule has 4 aromatic rings. The monoisotopic (exact) mass is 672 g/mol. The highest BCUT2D eigenvalue weighted by Crippen LogP contribution is 2.30. The molecule has 1 fully saturated rings. The van der Waals surface area contributed by atoms with Gasteiger partial charge in [-0.05, 0) is 71.8 Å². The van der Waals surface area contributed by atoms with Gasteiger partial charge in [-0.1, -0.05) is 24.3 Å². The average molecular weight is 674 g/mol. The van der Waals surface area contributed by atoms with Gasteiger partial charge >= 0.3 is 0 Å². The number of sulfonamides is 1. The van der Waals surface area contributed by atoms with Gasteiger partial charge in [-0.25, -0.2) is 8.42 Å². The summed E-state index contributed by atoms with van der Waals surface area (Å²) in [5.74, 6) is 1.10. The number of benzene rings is 4. The number of non-ortho nitro benzene ring substituents is 1. The van der Waals surface area contributed by atoms with Gasteiger partial charge in [0, 0.05) is 43.6 Å². The van der Waals surface area contributed by atoms with Gasteiger partial charge in [-0.15, -0.1) is 24.8 Å². The number of anilines is 1. The van der Waals surface area contributed by atoms with E-state index in [4.69, 9.17) is 21.3 Å². The van der Waals surface area contributed by atoms with Crippen LogP contribution in [0.5, 0.6) is 5.75 Å². The van der Waals surface area contributed by atoms with Crippen molar-refractivity contribution >= 4 is 68.7 Å². The molecule has 5 rings (SSSR count). The summed E-state index contributed by atoms with van der Waals surface area (Å²) in [6.07, 6.45) is 1.57. The molecule has 0 atom stereocenters. The van der Waals surface area contributed by atoms with Gasteiger partial charge in [0.25, 0.3) is 15.7 Å². The van der Waals surface area contributed by atoms with Gasteiger partial charge in [0.1, 0.15) is 17.7 Å². The SMILES string of the molecule is CC(=N)N1CCC(Oc2ccc(N(Cc3ccc4ccc(C(=N)N)cc4c3)S(=O)(=O)c3ccc([N+](=O)[O-])cc3)cc2)CC1.Cl.Cl. The number of nitro benzene ring substituents is 1. The van der Waals surface area contributed by atoms with Gasteiger partial charge in [-0.2, -0.15) is 0 Å². The number of nitrogens with zero attached hydrogens (tertiary/aromatic N) is 3. The van der Waals surface area contributed by atoms with Crippen LogP contribution in [0.2, 0.25) is 0 Å². The zero-order chi connectivity index (χ0) is 30.7. The van der Waals surface area contributed by atoms with Crippen molar-refractivity contribution in [3.05, 3.63) is 106 Å². The van der Waals surface area contributed by atoms with E-state index in [0.717, 1.165) is 36.7 Å². The van der Waals surface area contributed by atoms with E-state index in [2.05, 4.69) is 0 Å². The molecule has 1 aliphatic rings. The number of nitrogen functional groups attached to an aromatic ring is 1. The van der Waals surface area contributed by atoms with E-state index >= 15 is 0 Å². The minimum Gasteiger partial charge on any atom is -0.490 e. The van der Waals surface area contributed by atoms with Crippen LogP contribution in [0.1, 0.15) is 30.9 Å². The Hall–Kier alpha value is -4.39. The van der Waals surface area contributed by atoms with Crippen molar-refractivity contribution in [2.45, 2.75) is 37.3 Å². The zero-order valence-corrected chi connectivity index (χ0v) is 26.8. The van der Waals surface area contributed by atoms with Crippen molar-refractivity contribution in [2.75, 3.05) is 17.4 Å². The second kappa shape index (κ2) is 14.6. The Morgan fingerprint density at radius 2 is 1.58 bits per heavy atom. The first-order valence-corrected chi connectivity index (χ1v) is 15.2. The maximum Gasteiger partial charge on any atom is 0.269 e. The summed E-state index contributed by atoms with van der Waals surface area (Å²) in [7, 11) is -4.13. The van der Waals surface area contributed by atoms with E-state index in [9.17, 15) is 18.5 Å². The van der Waals surface area contributed by atoms with E-state index in [1.54, 1.807) is 43.3 Å². The Kier molecular flexibility index (Phi) is 11.4. The quantitative estimate of drug-likeness (QED) is 0.0834. The van der Waals surface area contributed by atoms with E-state index in [1.165, 1.54) is 28.6 Å². The molecule has 238 valence electrons. The molecule has 0 unspecified atom stereocenters. The van der Waals surface area contributed by atoms with Crippen LogP contribution in [0.15, 0.2) is 89.8 Å². The fourth-order valence-electron chi connectivity index (χ4n) is 5.10. The molecule has 0 aromatic heterocycles. The number of nitro groups is 1. The number of halogens is 2. The first-order chi connectivity index (χ1) is 20.5. The molecule has 4 N–H and O–H groups in total. The Labute approximate surface area is 274 Å². The van der Waals surface area contributed by atoms with Crippen molar-refractivity contribution in [1.82, 2.24) is 4.90 Å². The molecule has 0 radical (unpaired) electrons. The Balaban J connectivity index is 0.00000276. The third-order valence-corrected chi connectivity index (χ3v) is 9.31. The predicted octanol–water partition coefficient (Wildman–Crippen LogP) is 6.11. The molecule has 0 spiro atoms. The highest BCUT2D eigenvalue weighted by Gasteiger charge is 2.27. The Morgan fingerprint density at radius 1 is 0.956 bits per heavy atom. The molecule has 4 aromatic carbocycles. The van der Waals surface area contributed by atoms with Crippen LogP contribution in [0.3, 0.4) is 0 Å². The number of ether oxygens (including phenoxy) is 1. The van der Waals surface area contributed by atoms with E-state index in [1.807, 2.05) is 29.2 Å². The summed E-state index contributed by atoms with van der Waals surface area (Å²) >= 11 is 0. The van der Waals surface area contributed by atoms with Crippen LogP contribution in [0, 0.1) is 20.9 Å². The number of amidine groups is 2. The molecule has 1 saturated heterocycles. The van der Waals surface area contributed by atoms with Crippen molar-refractivity contribution in [3.63, 3.8) is 0 Å². The molecule has 0 bridgehead atoms. The molecular weight excluding hydrogens is 639 g/mol. The van der Waals surface area contributed by atoms with Crippen LogP contribution in [-0.2, 0) is 16.6 Å². The molecule has 1 heterocycles. The molecule has 0 amide bonds. The maximum atomic E-state index is 14.0. The smallest absolute Gasteiger partial charge is 0.269 e. The number of rotatable bonds is 9. The van der Waals surface area contributed by atoms with Crippen LogP contribution < -0.4 is 14.8 Å². The number of piperidine rings is 1. The molecule has 1 aliphatic heterocycles. The third-order valence-electron chi connectivity index (χ3n) is 7.52. The highest BCUT2D eigenvalue weighted by atomic mass is 35.5. The van der Waals surface area contributed by atoms with E-state index in [0.29, 0.717) is 28.4 Å². The predicted molar refractivity (Wildman–Crippen MR) is 181 cm³/mol. The summed E-state index contributed by atoms with van der Waals surface area (Å²) in [6.45, 7) is 3.26. The number of likely N-dealkylation sites (tertiary alicyclic amines) is 1. The summed E-state index contributed by atoms with van der Waals surface area (Å²) in [5.41, 5.74) is 7.13. The largest absolute Gasteiger partial charge is 0.490 e. The first-order valence-electron chi connectivity index (χ1n) is 13.7. The van der Waals surface area contributed by atoms with E-state index in [-0.39, 0.29) is 53.9 Å². The summed E-state index contributed by atoms with van der Waals surface area (Å²) in [4.78, 5) is 12.5. The lowest BCUT2D eigenvalue weighted by Crippen LogP contribution is -2.40. The number of nitrogens with one attached hydrogen (secondary N) is 2. The number of nitrogens with two attached hydrogens (primary N) is 1. The highest BCUT2D eigenvalue weighted by molar-refractivity contribution is 7.92. The molecule has 0 aliphatic carbocycles. The Morgan fingerprint density at radius 3 is 2.16 bits per heavy atom. The second-order valence-electron chi connectivity index (χ2n) is 10.5. The van der Waals surface area contributed by atoms with Crippen molar-refractivity contribution < 1.29 is 18.1 Å². The van der Waals surface area contributed by atoms with Gasteiger partial charge in [-0.3, -0.25) is 25.2 Å². The molecular formula is C31H34Cl2N6O5S. The van der Waals surface area contributed by atoms with Crippen LogP contribution in [-0.4, -0.2) is 49.1 Å². The van der Waals surface area contributed by atoms with Crippen LogP contribution in [0.25, 0.3) is 10.8 Å². The molecule has 14 heteroatoms. The summed E-state index contributed by atoms with van der Waals surface area (Å²) < 4.78 is 35.4. The summed E-state index contributed by atoms with van der Waals surface area (Å²) in [5, 5.41) is 28.5. The van der Waals surface area contributed by atoms with E-state index < -0.39 is 14.9 Å². The number of hydrogen-bond acceptors (Lipinski definition) is 7. The third kappa shape index (κ3) is 8.01. The lowest BCUT2D eigenvalue weighted by Gasteiger charge is -2.33. The van der Waals surface area contributed by atoms with Gasteiger partial charge in [0.2, 0.25) is 0 Å². The normalized spacial score (nSPS) is 13.3. The minimum atomic E-state index is -4.13. The van der Waals surface area contributed by atoms with Gasteiger partial charge < -0.3 is 15.4 Å². The zero-order valence-electron chi connectivity index (χ0n) is 24.4. The molecule has 45 heavy (non-hydrogen) atoms. The fraction of sp³-hybridized carbons (Fsp3) is 0.226. The minimum absolute atomic E-state index is 0. The maximum absolute atomic E-state index is 14.0. The van der Waals surface area contributed by atoms with Gasteiger partial charge in [0.05, 0.1) is 27.9 Å². The van der Waals surface area contributed by atoms with Gasteiger partial charge in [0.15, 0.2) is 0 Å². The number of hydrogen-bond donors (Lipinski definition) is 3. The first kappa shape index (κ1) is 35.1. The summed E-state index contributed by atoms with van der Waals surface area (Å²) in [6, 6.07) is 22.7. The molecule has 0 saturated carbocycles. The average Bonchev–Trinajstić information content (AvgIpc) is 3.00. The standard InChI is InChI=1S/C31H32N6O5S.2ClH/c1-21(32)35-16-14-29(15-17-35)42-28-10-6-26(7-11-28)36(43(40,41)30-12-8-27(9-13-30)37(38)39)20-22-2-3-23-4-5-24(31(33)34)19-25(23)18-22;;/h2-13,18-19,29,32H,14-17,20H2,1H3,(H3,33,34);2*1H. The van der Waals surface area contributed by atoms with Crippen LogP contribution >= 0.6 is 24.8 Å². The number of fused-ring (bicyclic) bond motifs is 1. The Bertz CT molecular complexity index is 1800. The topological polar surface area (TPSA) is 167 Å². The van der Waals surface area contributed by atoms with Crippen molar-refractivity contribution in [1.29, 1.82) is 10.8 Å².